The van der Waals surface area contributed by atoms with Crippen molar-refractivity contribution in [2.24, 2.45) is 0 Å². The van der Waals surface area contributed by atoms with Crippen LogP contribution in [0.5, 0.6) is 0 Å². The normalized spacial score (nSPS) is 33.0. The fraction of sp³-hybridized carbons (Fsp3) is 1.00. The van der Waals surface area contributed by atoms with Crippen LogP contribution in [0, 0.1) is 0 Å². The Morgan fingerprint density at radius 1 is 1.60 bits per heavy atom. The Balaban J connectivity index is 2.14. The van der Waals surface area contributed by atoms with Crippen molar-refractivity contribution < 1.29 is 4.74 Å². The lowest BCUT2D eigenvalue weighted by molar-refractivity contribution is 0.113. The maximum atomic E-state index is 5.40. The number of rotatable bonds is 3. The van der Waals surface area contributed by atoms with Gasteiger partial charge >= 0.3 is 0 Å². The summed E-state index contributed by atoms with van der Waals surface area (Å²) in [5.41, 5.74) is 0. The summed E-state index contributed by atoms with van der Waals surface area (Å²) in [6.45, 7) is 6.38. The molecule has 0 bridgehead atoms. The molecule has 0 aromatic rings. The average molecular weight is 143 g/mol. The Labute approximate surface area is 63.0 Å². The molecule has 0 spiro atoms. The SMILES string of the molecule is CCCN[C@H]1CCO[C@H]1C. The largest absolute Gasteiger partial charge is 0.377 e. The fourth-order valence-corrected chi connectivity index (χ4v) is 1.33. The molecule has 60 valence electrons. The Bertz CT molecular complexity index is 95.3. The lowest BCUT2D eigenvalue weighted by Gasteiger charge is -2.14. The van der Waals surface area contributed by atoms with Crippen LogP contribution < -0.4 is 5.32 Å². The molecule has 0 aliphatic carbocycles. The van der Waals surface area contributed by atoms with Gasteiger partial charge in [0.2, 0.25) is 0 Å². The van der Waals surface area contributed by atoms with Crippen LogP contribution in [0.25, 0.3) is 0 Å². The first-order valence-electron chi connectivity index (χ1n) is 4.19. The molecule has 1 saturated heterocycles. The Morgan fingerprint density at radius 2 is 2.40 bits per heavy atom. The van der Waals surface area contributed by atoms with Crippen LogP contribution in [-0.4, -0.2) is 25.3 Å². The minimum atomic E-state index is 0.423. The second-order valence-corrected chi connectivity index (χ2v) is 2.93. The van der Waals surface area contributed by atoms with Gasteiger partial charge in [-0.25, -0.2) is 0 Å². The highest BCUT2D eigenvalue weighted by molar-refractivity contribution is 4.78. The molecule has 0 amide bonds. The van der Waals surface area contributed by atoms with Crippen molar-refractivity contribution in [2.75, 3.05) is 13.2 Å². The van der Waals surface area contributed by atoms with E-state index in [-0.39, 0.29) is 0 Å². The molecule has 0 saturated carbocycles. The third-order valence-corrected chi connectivity index (χ3v) is 2.03. The molecule has 2 heteroatoms. The van der Waals surface area contributed by atoms with Gasteiger partial charge in [-0.3, -0.25) is 0 Å². The van der Waals surface area contributed by atoms with Crippen molar-refractivity contribution in [1.29, 1.82) is 0 Å². The van der Waals surface area contributed by atoms with Gasteiger partial charge in [0, 0.05) is 12.6 Å². The van der Waals surface area contributed by atoms with Gasteiger partial charge in [0.25, 0.3) is 0 Å². The second-order valence-electron chi connectivity index (χ2n) is 2.93. The van der Waals surface area contributed by atoms with Crippen molar-refractivity contribution in [3.8, 4) is 0 Å². The molecular formula is C8H17NO. The van der Waals surface area contributed by atoms with Crippen molar-refractivity contribution in [3.05, 3.63) is 0 Å². The van der Waals surface area contributed by atoms with Crippen LogP contribution >= 0.6 is 0 Å². The summed E-state index contributed by atoms with van der Waals surface area (Å²) >= 11 is 0. The molecule has 2 nitrogen and oxygen atoms in total. The van der Waals surface area contributed by atoms with Gasteiger partial charge in [0.1, 0.15) is 0 Å². The zero-order valence-corrected chi connectivity index (χ0v) is 6.89. The van der Waals surface area contributed by atoms with Crippen LogP contribution in [0.1, 0.15) is 26.7 Å². The lowest BCUT2D eigenvalue weighted by Crippen LogP contribution is -2.34. The van der Waals surface area contributed by atoms with E-state index in [2.05, 4.69) is 19.2 Å². The quantitative estimate of drug-likeness (QED) is 0.640. The Hall–Kier alpha value is -0.0800. The molecule has 0 aromatic heterocycles. The smallest absolute Gasteiger partial charge is 0.0700 e. The van der Waals surface area contributed by atoms with Crippen LogP contribution in [0.15, 0.2) is 0 Å². The van der Waals surface area contributed by atoms with E-state index in [9.17, 15) is 0 Å². The summed E-state index contributed by atoms with van der Waals surface area (Å²) in [5, 5.41) is 3.46. The molecular weight excluding hydrogens is 126 g/mol. The van der Waals surface area contributed by atoms with Crippen LogP contribution in [-0.2, 0) is 4.74 Å². The predicted molar refractivity (Wildman–Crippen MR) is 42.1 cm³/mol. The first-order valence-corrected chi connectivity index (χ1v) is 4.19. The first-order chi connectivity index (χ1) is 4.84. The zero-order valence-electron chi connectivity index (χ0n) is 6.89. The molecule has 10 heavy (non-hydrogen) atoms. The number of ether oxygens (including phenoxy) is 1. The van der Waals surface area contributed by atoms with Crippen molar-refractivity contribution in [3.63, 3.8) is 0 Å². The van der Waals surface area contributed by atoms with E-state index < -0.39 is 0 Å². The summed E-state index contributed by atoms with van der Waals surface area (Å²) in [7, 11) is 0. The van der Waals surface area contributed by atoms with Crippen LogP contribution in [0.3, 0.4) is 0 Å². The lowest BCUT2D eigenvalue weighted by atomic mass is 10.1. The van der Waals surface area contributed by atoms with Crippen molar-refractivity contribution in [1.82, 2.24) is 5.32 Å². The van der Waals surface area contributed by atoms with Gasteiger partial charge in [-0.15, -0.1) is 0 Å². The van der Waals surface area contributed by atoms with Crippen molar-refractivity contribution >= 4 is 0 Å². The standard InChI is InChI=1S/C8H17NO/c1-3-5-9-8-4-6-10-7(8)2/h7-9H,3-6H2,1-2H3/t7-,8-/m0/s1. The molecule has 1 heterocycles. The molecule has 0 aromatic carbocycles. The molecule has 1 N–H and O–H groups in total. The highest BCUT2D eigenvalue weighted by atomic mass is 16.5. The van der Waals surface area contributed by atoms with Gasteiger partial charge in [0.15, 0.2) is 0 Å². The highest BCUT2D eigenvalue weighted by Gasteiger charge is 2.22. The van der Waals surface area contributed by atoms with E-state index >= 15 is 0 Å². The van der Waals surface area contributed by atoms with E-state index in [0.29, 0.717) is 12.1 Å². The topological polar surface area (TPSA) is 21.3 Å². The summed E-state index contributed by atoms with van der Waals surface area (Å²) in [6, 6.07) is 0.611. The molecule has 2 atom stereocenters. The maximum absolute atomic E-state index is 5.40. The van der Waals surface area contributed by atoms with E-state index in [4.69, 9.17) is 4.74 Å². The molecule has 1 aliphatic heterocycles. The fourth-order valence-electron chi connectivity index (χ4n) is 1.33. The molecule has 0 radical (unpaired) electrons. The summed E-state index contributed by atoms with van der Waals surface area (Å²) < 4.78 is 5.40. The highest BCUT2D eigenvalue weighted by Crippen LogP contribution is 2.11. The molecule has 1 fully saturated rings. The summed E-state index contributed by atoms with van der Waals surface area (Å²) in [6.07, 6.45) is 2.82. The second kappa shape index (κ2) is 3.94. The minimum Gasteiger partial charge on any atom is -0.377 e. The zero-order chi connectivity index (χ0) is 7.40. The molecule has 1 rings (SSSR count). The minimum absolute atomic E-state index is 0.423. The molecule has 1 aliphatic rings. The van der Waals surface area contributed by atoms with Crippen LogP contribution in [0.2, 0.25) is 0 Å². The maximum Gasteiger partial charge on any atom is 0.0700 e. The number of nitrogens with one attached hydrogen (secondary N) is 1. The van der Waals surface area contributed by atoms with E-state index in [1.165, 1.54) is 12.8 Å². The first kappa shape index (κ1) is 8.02. The van der Waals surface area contributed by atoms with Gasteiger partial charge in [-0.1, -0.05) is 6.92 Å². The Morgan fingerprint density at radius 3 is 2.90 bits per heavy atom. The van der Waals surface area contributed by atoms with E-state index in [1.54, 1.807) is 0 Å². The number of hydrogen-bond acceptors (Lipinski definition) is 2. The predicted octanol–water partition coefficient (Wildman–Crippen LogP) is 1.16. The third-order valence-electron chi connectivity index (χ3n) is 2.03. The van der Waals surface area contributed by atoms with Crippen LogP contribution in [0.4, 0.5) is 0 Å². The summed E-state index contributed by atoms with van der Waals surface area (Å²) in [5.74, 6) is 0. The number of hydrogen-bond donors (Lipinski definition) is 1. The average Bonchev–Trinajstić information content (AvgIpc) is 2.31. The van der Waals surface area contributed by atoms with Gasteiger partial charge < -0.3 is 10.1 Å². The summed E-state index contributed by atoms with van der Waals surface area (Å²) in [4.78, 5) is 0. The van der Waals surface area contributed by atoms with Gasteiger partial charge in [-0.2, -0.15) is 0 Å². The van der Waals surface area contributed by atoms with Gasteiger partial charge in [-0.05, 0) is 26.3 Å². The van der Waals surface area contributed by atoms with Crippen molar-refractivity contribution in [2.45, 2.75) is 38.8 Å². The third kappa shape index (κ3) is 1.96. The Kier molecular flexibility index (Phi) is 3.16. The van der Waals surface area contributed by atoms with E-state index in [1.807, 2.05) is 0 Å². The van der Waals surface area contributed by atoms with Gasteiger partial charge in [0.05, 0.1) is 6.10 Å². The van der Waals surface area contributed by atoms with E-state index in [0.717, 1.165) is 13.2 Å². The molecule has 0 unspecified atom stereocenters. The monoisotopic (exact) mass is 143 g/mol.